The molecule has 24 heavy (non-hydrogen) atoms. The number of carboxylic acid groups (broad SMARTS) is 1. The molecule has 0 bridgehead atoms. The van der Waals surface area contributed by atoms with Crippen LogP contribution in [0.25, 0.3) is 0 Å². The highest BCUT2D eigenvalue weighted by molar-refractivity contribution is 8.13. The van der Waals surface area contributed by atoms with Crippen LogP contribution in [0.15, 0.2) is 30.3 Å². The molecule has 0 saturated carbocycles. The molecule has 7 heteroatoms. The van der Waals surface area contributed by atoms with Crippen LogP contribution in [0, 0.1) is 5.92 Å². The summed E-state index contributed by atoms with van der Waals surface area (Å²) in [6.07, 6.45) is -0.0509. The molecule has 130 valence electrons. The van der Waals surface area contributed by atoms with Crippen LogP contribution < -0.4 is 0 Å². The lowest BCUT2D eigenvalue weighted by molar-refractivity contribution is -0.149. The van der Waals surface area contributed by atoms with Gasteiger partial charge in [-0.3, -0.25) is 9.59 Å². The average molecular weight is 351 g/mol. The van der Waals surface area contributed by atoms with E-state index < -0.39 is 23.5 Å². The third-order valence-corrected chi connectivity index (χ3v) is 5.25. The second kappa shape index (κ2) is 7.36. The van der Waals surface area contributed by atoms with Gasteiger partial charge in [0, 0.05) is 25.0 Å². The van der Waals surface area contributed by atoms with Crippen molar-refractivity contribution in [1.82, 2.24) is 4.90 Å². The van der Waals surface area contributed by atoms with Gasteiger partial charge in [-0.15, -0.1) is 0 Å². The number of thioether (sulfide) groups is 1. The van der Waals surface area contributed by atoms with Gasteiger partial charge in [0.25, 0.3) is 0 Å². The first-order valence-corrected chi connectivity index (χ1v) is 8.68. The molecule has 1 saturated heterocycles. The molecule has 6 nitrogen and oxygen atoms in total. The monoisotopic (exact) mass is 351 g/mol. The lowest BCUT2D eigenvalue weighted by Crippen LogP contribution is -2.44. The number of carboxylic acids is 1. The topological polar surface area (TPSA) is 94.9 Å². The fourth-order valence-electron chi connectivity index (χ4n) is 2.89. The Kier molecular flexibility index (Phi) is 5.66. The quantitative estimate of drug-likeness (QED) is 0.834. The molecule has 1 aromatic carbocycles. The van der Waals surface area contributed by atoms with Crippen molar-refractivity contribution in [3.8, 4) is 0 Å². The first-order chi connectivity index (χ1) is 11.2. The maximum absolute atomic E-state index is 12.6. The molecule has 0 radical (unpaired) electrons. The van der Waals surface area contributed by atoms with Gasteiger partial charge < -0.3 is 15.1 Å². The summed E-state index contributed by atoms with van der Waals surface area (Å²) < 4.78 is 0. The van der Waals surface area contributed by atoms with E-state index in [4.69, 9.17) is 0 Å². The molecule has 3 atom stereocenters. The van der Waals surface area contributed by atoms with Gasteiger partial charge in [0.05, 0.1) is 6.54 Å². The number of amides is 1. The molecule has 0 aromatic heterocycles. The molecule has 1 amide bonds. The van der Waals surface area contributed by atoms with Crippen LogP contribution in [-0.4, -0.2) is 50.4 Å². The molecule has 2 unspecified atom stereocenters. The van der Waals surface area contributed by atoms with E-state index >= 15 is 0 Å². The third kappa shape index (κ3) is 3.96. The number of benzene rings is 1. The molecule has 1 aliphatic heterocycles. The second-order valence-electron chi connectivity index (χ2n) is 6.13. The van der Waals surface area contributed by atoms with E-state index in [1.807, 2.05) is 0 Å². The minimum atomic E-state index is -1.38. The Bertz CT molecular complexity index is 635. The van der Waals surface area contributed by atoms with Gasteiger partial charge in [-0.25, -0.2) is 4.79 Å². The lowest BCUT2D eigenvalue weighted by Gasteiger charge is -2.26. The van der Waals surface area contributed by atoms with E-state index in [-0.39, 0.29) is 24.0 Å². The molecule has 2 rings (SSSR count). The van der Waals surface area contributed by atoms with Gasteiger partial charge in [-0.2, -0.15) is 0 Å². The Morgan fingerprint density at radius 1 is 1.33 bits per heavy atom. The highest BCUT2D eigenvalue weighted by Crippen LogP contribution is 2.37. The molecule has 1 aliphatic rings. The summed E-state index contributed by atoms with van der Waals surface area (Å²) in [6, 6.07) is 7.71. The summed E-state index contributed by atoms with van der Waals surface area (Å²) in [5.41, 5.74) is -0.787. The number of hydrogen-bond donors (Lipinski definition) is 2. The fourth-order valence-corrected chi connectivity index (χ4v) is 3.52. The van der Waals surface area contributed by atoms with Crippen LogP contribution >= 0.6 is 11.8 Å². The maximum atomic E-state index is 12.6. The Morgan fingerprint density at radius 3 is 2.50 bits per heavy atom. The highest BCUT2D eigenvalue weighted by Gasteiger charge is 2.49. The summed E-state index contributed by atoms with van der Waals surface area (Å²) >= 11 is 1.04. The van der Waals surface area contributed by atoms with Crippen molar-refractivity contribution in [2.45, 2.75) is 31.9 Å². The van der Waals surface area contributed by atoms with E-state index in [0.717, 1.165) is 11.8 Å². The first kappa shape index (κ1) is 18.5. The zero-order chi connectivity index (χ0) is 17.9. The van der Waals surface area contributed by atoms with Crippen LogP contribution in [0.5, 0.6) is 0 Å². The SMILES string of the molecule is CC(=O)SCC(C)C(=O)N1CC(O)(c2ccccc2)C[C@H]1C(=O)O. The van der Waals surface area contributed by atoms with Crippen molar-refractivity contribution in [2.24, 2.45) is 5.92 Å². The number of nitrogens with zero attached hydrogens (tertiary/aromatic N) is 1. The summed E-state index contributed by atoms with van der Waals surface area (Å²) in [4.78, 5) is 36.5. The van der Waals surface area contributed by atoms with Gasteiger partial charge >= 0.3 is 5.97 Å². The first-order valence-electron chi connectivity index (χ1n) is 7.69. The standard InChI is InChI=1S/C17H21NO5S/c1-11(9-24-12(2)19)15(20)18-10-17(23,8-14(18)16(21)22)13-6-4-3-5-7-13/h3-7,11,14,23H,8-10H2,1-2H3,(H,21,22)/t11?,14-,17?/m0/s1. The van der Waals surface area contributed by atoms with Crippen molar-refractivity contribution in [1.29, 1.82) is 0 Å². The highest BCUT2D eigenvalue weighted by atomic mass is 32.2. The number of likely N-dealkylation sites (tertiary alicyclic amines) is 1. The molecule has 1 heterocycles. The average Bonchev–Trinajstić information content (AvgIpc) is 2.92. The molecular weight excluding hydrogens is 330 g/mol. The van der Waals surface area contributed by atoms with Crippen molar-refractivity contribution < 1.29 is 24.6 Å². The maximum Gasteiger partial charge on any atom is 0.326 e. The van der Waals surface area contributed by atoms with Crippen molar-refractivity contribution in [3.63, 3.8) is 0 Å². The number of carbonyl (C=O) groups is 3. The van der Waals surface area contributed by atoms with Crippen LogP contribution in [0.4, 0.5) is 0 Å². The molecule has 2 N–H and O–H groups in total. The molecular formula is C17H21NO5S. The van der Waals surface area contributed by atoms with E-state index in [0.29, 0.717) is 11.3 Å². The molecule has 0 spiro atoms. The normalized spacial score (nSPS) is 24.6. The van der Waals surface area contributed by atoms with Crippen molar-refractivity contribution in [3.05, 3.63) is 35.9 Å². The van der Waals surface area contributed by atoms with E-state index in [1.165, 1.54) is 11.8 Å². The van der Waals surface area contributed by atoms with Gasteiger partial charge in [0.15, 0.2) is 5.12 Å². The van der Waals surface area contributed by atoms with Gasteiger partial charge in [-0.1, -0.05) is 49.0 Å². The molecule has 0 aliphatic carbocycles. The predicted octanol–water partition coefficient (Wildman–Crippen LogP) is 1.48. The van der Waals surface area contributed by atoms with Crippen LogP contribution in [-0.2, 0) is 20.0 Å². The van der Waals surface area contributed by atoms with E-state index in [2.05, 4.69) is 0 Å². The van der Waals surface area contributed by atoms with E-state index in [1.54, 1.807) is 37.3 Å². The summed E-state index contributed by atoms with van der Waals surface area (Å²) in [7, 11) is 0. The Balaban J connectivity index is 2.20. The molecule has 1 fully saturated rings. The Morgan fingerprint density at radius 2 is 1.96 bits per heavy atom. The summed E-state index contributed by atoms with van der Waals surface area (Å²) in [5.74, 6) is -1.70. The fraction of sp³-hybridized carbons (Fsp3) is 0.471. The number of hydrogen-bond acceptors (Lipinski definition) is 5. The van der Waals surface area contributed by atoms with E-state index in [9.17, 15) is 24.6 Å². The number of β-amino-alcohol motifs (C(OH)–C–C–N with tert-alkyl or cyclic N) is 1. The smallest absolute Gasteiger partial charge is 0.326 e. The summed E-state index contributed by atoms with van der Waals surface area (Å²) in [5, 5.41) is 20.2. The number of aliphatic hydroxyl groups is 1. The zero-order valence-corrected chi connectivity index (χ0v) is 14.5. The predicted molar refractivity (Wildman–Crippen MR) is 90.4 cm³/mol. The number of rotatable bonds is 5. The van der Waals surface area contributed by atoms with Crippen LogP contribution in [0.2, 0.25) is 0 Å². The minimum Gasteiger partial charge on any atom is -0.480 e. The van der Waals surface area contributed by atoms with Crippen LogP contribution in [0.3, 0.4) is 0 Å². The Hall–Kier alpha value is -1.86. The van der Waals surface area contributed by atoms with Crippen molar-refractivity contribution >= 4 is 28.8 Å². The summed E-state index contributed by atoms with van der Waals surface area (Å²) in [6.45, 7) is 3.02. The van der Waals surface area contributed by atoms with Gasteiger partial charge in [0.1, 0.15) is 11.6 Å². The third-order valence-electron chi connectivity index (χ3n) is 4.18. The largest absolute Gasteiger partial charge is 0.480 e. The van der Waals surface area contributed by atoms with Crippen molar-refractivity contribution in [2.75, 3.05) is 12.3 Å². The lowest BCUT2D eigenvalue weighted by atomic mass is 9.91. The Labute approximate surface area is 144 Å². The van der Waals surface area contributed by atoms with Crippen LogP contribution in [0.1, 0.15) is 25.8 Å². The zero-order valence-electron chi connectivity index (χ0n) is 13.6. The van der Waals surface area contributed by atoms with Gasteiger partial charge in [0.2, 0.25) is 5.91 Å². The minimum absolute atomic E-state index is 0.0509. The molecule has 1 aromatic rings. The van der Waals surface area contributed by atoms with Gasteiger partial charge in [-0.05, 0) is 5.56 Å². The number of aliphatic carboxylic acids is 1. The second-order valence-corrected chi connectivity index (χ2v) is 7.32. The number of carbonyl (C=O) groups excluding carboxylic acids is 2.